The van der Waals surface area contributed by atoms with Crippen molar-refractivity contribution in [3.05, 3.63) is 71.3 Å². The summed E-state index contributed by atoms with van der Waals surface area (Å²) in [5.41, 5.74) is 1.52. The van der Waals surface area contributed by atoms with Crippen LogP contribution in [0.2, 0.25) is 0 Å². The minimum Gasteiger partial charge on any atom is -0.392 e. The summed E-state index contributed by atoms with van der Waals surface area (Å²) in [4.78, 5) is 2.23. The predicted molar refractivity (Wildman–Crippen MR) is 89.3 cm³/mol. The van der Waals surface area contributed by atoms with Gasteiger partial charge in [-0.2, -0.15) is 0 Å². The molecule has 1 aliphatic heterocycles. The minimum atomic E-state index is -0.435. The first kappa shape index (κ1) is 17.0. The monoisotopic (exact) mass is 332 g/mol. The molecule has 2 atom stereocenters. The summed E-state index contributed by atoms with van der Waals surface area (Å²) >= 11 is 0. The molecule has 0 amide bonds. The van der Waals surface area contributed by atoms with Gasteiger partial charge in [0.1, 0.15) is 11.6 Å². The van der Waals surface area contributed by atoms with Crippen LogP contribution >= 0.6 is 0 Å². The summed E-state index contributed by atoms with van der Waals surface area (Å²) < 4.78 is 26.8. The lowest BCUT2D eigenvalue weighted by Crippen LogP contribution is -2.37. The van der Waals surface area contributed by atoms with Crippen LogP contribution in [0.25, 0.3) is 0 Å². The quantitative estimate of drug-likeness (QED) is 0.854. The Morgan fingerprint density at radius 2 is 1.92 bits per heavy atom. The van der Waals surface area contributed by atoms with Gasteiger partial charge < -0.3 is 10.4 Å². The summed E-state index contributed by atoms with van der Waals surface area (Å²) in [5, 5.41) is 13.2. The number of hydrogen-bond acceptors (Lipinski definition) is 3. The fourth-order valence-electron chi connectivity index (χ4n) is 3.23. The van der Waals surface area contributed by atoms with E-state index in [2.05, 4.69) is 22.3 Å². The number of aliphatic hydroxyl groups is 1. The Morgan fingerprint density at radius 3 is 2.71 bits per heavy atom. The van der Waals surface area contributed by atoms with Gasteiger partial charge in [-0.3, -0.25) is 4.90 Å². The van der Waals surface area contributed by atoms with Crippen molar-refractivity contribution < 1.29 is 13.9 Å². The number of halogens is 2. The SMILES string of the molecule is OC1CC(CNCc2cc(F)ccc2F)N(Cc2ccccc2)C1. The second-order valence-corrected chi connectivity index (χ2v) is 6.33. The molecule has 2 aromatic rings. The van der Waals surface area contributed by atoms with Gasteiger partial charge >= 0.3 is 0 Å². The molecule has 3 nitrogen and oxygen atoms in total. The van der Waals surface area contributed by atoms with Crippen LogP contribution in [-0.4, -0.2) is 35.2 Å². The van der Waals surface area contributed by atoms with E-state index in [4.69, 9.17) is 0 Å². The summed E-state index contributed by atoms with van der Waals surface area (Å²) in [7, 11) is 0. The maximum Gasteiger partial charge on any atom is 0.127 e. The number of aliphatic hydroxyl groups excluding tert-OH is 1. The molecule has 0 spiro atoms. The number of nitrogens with one attached hydrogen (secondary N) is 1. The Labute approximate surface area is 140 Å². The molecule has 1 heterocycles. The van der Waals surface area contributed by atoms with E-state index >= 15 is 0 Å². The van der Waals surface area contributed by atoms with Crippen molar-refractivity contribution in [2.75, 3.05) is 13.1 Å². The first-order chi connectivity index (χ1) is 11.6. The normalized spacial score (nSPS) is 21.3. The average molecular weight is 332 g/mol. The van der Waals surface area contributed by atoms with E-state index in [1.807, 2.05) is 18.2 Å². The van der Waals surface area contributed by atoms with Gasteiger partial charge in [0.15, 0.2) is 0 Å². The predicted octanol–water partition coefficient (Wildman–Crippen LogP) is 2.69. The summed E-state index contributed by atoms with van der Waals surface area (Å²) in [6.07, 6.45) is 0.345. The van der Waals surface area contributed by atoms with E-state index in [9.17, 15) is 13.9 Å². The van der Waals surface area contributed by atoms with Crippen molar-refractivity contribution in [2.24, 2.45) is 0 Å². The van der Waals surface area contributed by atoms with Crippen LogP contribution in [-0.2, 0) is 13.1 Å². The van der Waals surface area contributed by atoms with E-state index in [-0.39, 0.29) is 18.7 Å². The van der Waals surface area contributed by atoms with Crippen molar-refractivity contribution >= 4 is 0 Å². The van der Waals surface area contributed by atoms with Gasteiger partial charge in [-0.25, -0.2) is 8.78 Å². The molecule has 5 heteroatoms. The molecular formula is C19H22F2N2O. The minimum absolute atomic E-state index is 0.178. The largest absolute Gasteiger partial charge is 0.392 e. The number of likely N-dealkylation sites (tertiary alicyclic amines) is 1. The second kappa shape index (κ2) is 7.83. The smallest absolute Gasteiger partial charge is 0.127 e. The van der Waals surface area contributed by atoms with Crippen LogP contribution < -0.4 is 5.32 Å². The molecule has 0 aromatic heterocycles. The van der Waals surface area contributed by atoms with Gasteiger partial charge in [0, 0.05) is 37.8 Å². The van der Waals surface area contributed by atoms with Gasteiger partial charge in [-0.05, 0) is 30.2 Å². The molecule has 24 heavy (non-hydrogen) atoms. The number of rotatable bonds is 6. The van der Waals surface area contributed by atoms with E-state index in [0.717, 1.165) is 18.7 Å². The van der Waals surface area contributed by atoms with Gasteiger partial charge in [-0.15, -0.1) is 0 Å². The molecule has 128 valence electrons. The van der Waals surface area contributed by atoms with Crippen molar-refractivity contribution in [1.82, 2.24) is 10.2 Å². The molecule has 0 aliphatic carbocycles. The summed E-state index contributed by atoms with van der Waals surface area (Å²) in [5.74, 6) is -0.841. The van der Waals surface area contributed by atoms with E-state index in [0.29, 0.717) is 25.1 Å². The molecule has 0 radical (unpaired) electrons. The lowest BCUT2D eigenvalue weighted by molar-refractivity contribution is 0.172. The zero-order valence-corrected chi connectivity index (χ0v) is 13.5. The van der Waals surface area contributed by atoms with Gasteiger partial charge in [0.2, 0.25) is 0 Å². The highest BCUT2D eigenvalue weighted by Gasteiger charge is 2.30. The van der Waals surface area contributed by atoms with Gasteiger partial charge in [0.05, 0.1) is 6.10 Å². The van der Waals surface area contributed by atoms with Gasteiger partial charge in [0.25, 0.3) is 0 Å². The van der Waals surface area contributed by atoms with E-state index < -0.39 is 11.6 Å². The Hall–Kier alpha value is -1.82. The van der Waals surface area contributed by atoms with E-state index in [1.54, 1.807) is 0 Å². The third kappa shape index (κ3) is 4.38. The van der Waals surface area contributed by atoms with Crippen LogP contribution in [0, 0.1) is 11.6 Å². The molecule has 3 rings (SSSR count). The number of hydrogen-bond donors (Lipinski definition) is 2. The van der Waals surface area contributed by atoms with Crippen molar-refractivity contribution in [2.45, 2.75) is 31.7 Å². The first-order valence-electron chi connectivity index (χ1n) is 8.22. The molecule has 2 unspecified atom stereocenters. The molecule has 2 N–H and O–H groups in total. The summed E-state index contributed by atoms with van der Waals surface area (Å²) in [6, 6.07) is 13.8. The highest BCUT2D eigenvalue weighted by Crippen LogP contribution is 2.20. The third-order valence-electron chi connectivity index (χ3n) is 4.44. The van der Waals surface area contributed by atoms with Crippen molar-refractivity contribution in [3.63, 3.8) is 0 Å². The Balaban J connectivity index is 1.56. The Bertz CT molecular complexity index is 666. The fourth-order valence-corrected chi connectivity index (χ4v) is 3.23. The average Bonchev–Trinajstić information content (AvgIpc) is 2.91. The van der Waals surface area contributed by atoms with Crippen LogP contribution in [0.4, 0.5) is 8.78 Å². The van der Waals surface area contributed by atoms with Gasteiger partial charge in [-0.1, -0.05) is 30.3 Å². The number of β-amino-alcohol motifs (C(OH)–C–C–N with tert-alkyl or cyclic N) is 1. The first-order valence-corrected chi connectivity index (χ1v) is 8.22. The molecule has 1 saturated heterocycles. The lowest BCUT2D eigenvalue weighted by Gasteiger charge is -2.24. The maximum atomic E-state index is 13.6. The molecule has 0 bridgehead atoms. The van der Waals surface area contributed by atoms with Crippen LogP contribution in [0.15, 0.2) is 48.5 Å². The Kier molecular flexibility index (Phi) is 5.56. The van der Waals surface area contributed by atoms with Crippen LogP contribution in [0.3, 0.4) is 0 Å². The third-order valence-corrected chi connectivity index (χ3v) is 4.44. The second-order valence-electron chi connectivity index (χ2n) is 6.33. The molecule has 2 aromatic carbocycles. The number of benzene rings is 2. The number of nitrogens with zero attached hydrogens (tertiary/aromatic N) is 1. The van der Waals surface area contributed by atoms with Crippen LogP contribution in [0.1, 0.15) is 17.5 Å². The highest BCUT2D eigenvalue weighted by molar-refractivity contribution is 5.18. The lowest BCUT2D eigenvalue weighted by atomic mass is 10.1. The van der Waals surface area contributed by atoms with Crippen LogP contribution in [0.5, 0.6) is 0 Å². The molecule has 1 fully saturated rings. The zero-order valence-electron chi connectivity index (χ0n) is 13.5. The van der Waals surface area contributed by atoms with Crippen molar-refractivity contribution in [1.29, 1.82) is 0 Å². The highest BCUT2D eigenvalue weighted by atomic mass is 19.1. The van der Waals surface area contributed by atoms with E-state index in [1.165, 1.54) is 11.6 Å². The molecular weight excluding hydrogens is 310 g/mol. The summed E-state index contributed by atoms with van der Waals surface area (Å²) in [6.45, 7) is 2.31. The molecule has 1 aliphatic rings. The topological polar surface area (TPSA) is 35.5 Å². The molecule has 0 saturated carbocycles. The fraction of sp³-hybridized carbons (Fsp3) is 0.368. The Morgan fingerprint density at radius 1 is 1.12 bits per heavy atom. The standard InChI is InChI=1S/C19H22F2N2O/c20-16-6-7-19(21)15(8-16)10-22-11-17-9-18(24)13-23(17)12-14-4-2-1-3-5-14/h1-8,17-18,22,24H,9-13H2. The maximum absolute atomic E-state index is 13.6. The zero-order chi connectivity index (χ0) is 16.9. The van der Waals surface area contributed by atoms with Crippen molar-refractivity contribution in [3.8, 4) is 0 Å².